The smallest absolute Gasteiger partial charge is 0.252 e. The van der Waals surface area contributed by atoms with Crippen molar-refractivity contribution in [1.82, 2.24) is 0 Å². The van der Waals surface area contributed by atoms with Crippen LogP contribution in [0.2, 0.25) is 0 Å². The zero-order valence-corrected chi connectivity index (χ0v) is 35.8. The molecule has 4 heteroatoms. The van der Waals surface area contributed by atoms with E-state index in [9.17, 15) is 0 Å². The van der Waals surface area contributed by atoms with Gasteiger partial charge in [0.05, 0.1) is 0 Å². The lowest BCUT2D eigenvalue weighted by Gasteiger charge is -2.49. The van der Waals surface area contributed by atoms with Crippen LogP contribution in [0.5, 0.6) is 0 Å². The van der Waals surface area contributed by atoms with Crippen molar-refractivity contribution in [1.29, 1.82) is 0 Å². The van der Waals surface area contributed by atoms with Gasteiger partial charge in [0.25, 0.3) is 6.71 Å². The molecule has 0 aromatic heterocycles. The molecule has 64 heavy (non-hydrogen) atoms. The zero-order chi connectivity index (χ0) is 42.1. The van der Waals surface area contributed by atoms with Crippen molar-refractivity contribution in [2.24, 2.45) is 0 Å². The predicted molar refractivity (Wildman–Crippen MR) is 271 cm³/mol. The fraction of sp³-hybridized carbons (Fsp3) is 0.100. The fourth-order valence-corrected chi connectivity index (χ4v) is 11.4. The van der Waals surface area contributed by atoms with Crippen molar-refractivity contribution in [3.63, 3.8) is 0 Å². The molecule has 0 N–H and O–H groups in total. The van der Waals surface area contributed by atoms with Crippen LogP contribution >= 0.6 is 0 Å². The molecule has 4 aliphatic heterocycles. The molecule has 0 saturated heterocycles. The summed E-state index contributed by atoms with van der Waals surface area (Å²) in [7, 11) is 0. The van der Waals surface area contributed by atoms with Gasteiger partial charge in [0.2, 0.25) is 0 Å². The molecule has 0 fully saturated rings. The molecule has 0 saturated carbocycles. The first-order chi connectivity index (χ1) is 31.8. The predicted octanol–water partition coefficient (Wildman–Crippen LogP) is 13.1. The van der Waals surface area contributed by atoms with E-state index in [0.29, 0.717) is 0 Å². The third-order valence-corrected chi connectivity index (χ3v) is 14.3. The van der Waals surface area contributed by atoms with E-state index in [1.807, 2.05) is 0 Å². The molecule has 0 atom stereocenters. The summed E-state index contributed by atoms with van der Waals surface area (Å²) in [6.07, 6.45) is 4.44. The third-order valence-electron chi connectivity index (χ3n) is 14.3. The molecule has 9 aromatic carbocycles. The van der Waals surface area contributed by atoms with Crippen molar-refractivity contribution in [3.05, 3.63) is 217 Å². The van der Waals surface area contributed by atoms with Crippen LogP contribution in [0.25, 0.3) is 44.5 Å². The summed E-state index contributed by atoms with van der Waals surface area (Å²) in [5.74, 6) is 0. The lowest BCUT2D eigenvalue weighted by molar-refractivity contribution is 0.635. The van der Waals surface area contributed by atoms with Crippen molar-refractivity contribution in [2.75, 3.05) is 27.8 Å². The van der Waals surface area contributed by atoms with Crippen molar-refractivity contribution >= 4 is 62.9 Å². The van der Waals surface area contributed by atoms with Crippen LogP contribution in [-0.2, 0) is 12.8 Å². The van der Waals surface area contributed by atoms with E-state index in [2.05, 4.69) is 221 Å². The normalized spacial score (nSPS) is 14.4. The van der Waals surface area contributed by atoms with Gasteiger partial charge in [-0.25, -0.2) is 0 Å². The summed E-state index contributed by atoms with van der Waals surface area (Å²) >= 11 is 0. The van der Waals surface area contributed by atoms with E-state index in [4.69, 9.17) is 0 Å². The molecule has 9 aromatic rings. The van der Waals surface area contributed by atoms with E-state index in [-0.39, 0.29) is 6.71 Å². The van der Waals surface area contributed by atoms with E-state index in [1.165, 1.54) is 112 Å². The summed E-state index contributed by atoms with van der Waals surface area (Å²) in [5.41, 5.74) is 26.2. The largest absolute Gasteiger partial charge is 0.371 e. The summed E-state index contributed by atoms with van der Waals surface area (Å²) in [5, 5.41) is 0. The Morgan fingerprint density at radius 2 is 0.672 bits per heavy atom. The Morgan fingerprint density at radius 1 is 0.328 bits per heavy atom. The first-order valence-corrected chi connectivity index (χ1v) is 23.0. The maximum absolute atomic E-state index is 2.73. The maximum Gasteiger partial charge on any atom is 0.252 e. The molecule has 0 aliphatic carbocycles. The van der Waals surface area contributed by atoms with Crippen LogP contribution in [0.3, 0.4) is 0 Å². The minimum Gasteiger partial charge on any atom is -0.371 e. The molecule has 13 rings (SSSR count). The number of nitrogens with zero attached hydrogens (tertiary/aromatic N) is 3. The minimum atomic E-state index is 0.0147. The quantitative estimate of drug-likeness (QED) is 0.155. The van der Waals surface area contributed by atoms with Crippen LogP contribution in [-0.4, -0.2) is 19.8 Å². The van der Waals surface area contributed by atoms with E-state index in [0.717, 1.165) is 38.8 Å². The molecule has 3 nitrogen and oxygen atoms in total. The minimum absolute atomic E-state index is 0.0147. The summed E-state index contributed by atoms with van der Waals surface area (Å²) in [6, 6.07) is 76.8. The molecule has 4 aliphatic rings. The lowest BCUT2D eigenvalue weighted by atomic mass is 9.32. The Kier molecular flexibility index (Phi) is 8.72. The van der Waals surface area contributed by atoms with Crippen molar-refractivity contribution < 1.29 is 0 Å². The molecule has 0 spiro atoms. The average Bonchev–Trinajstić information content (AvgIpc) is 3.38. The van der Waals surface area contributed by atoms with Gasteiger partial charge >= 0.3 is 0 Å². The van der Waals surface area contributed by atoms with E-state index in [1.54, 1.807) is 0 Å². The molecule has 0 bridgehead atoms. The fourth-order valence-electron chi connectivity index (χ4n) is 11.4. The van der Waals surface area contributed by atoms with Gasteiger partial charge in [-0.1, -0.05) is 170 Å². The van der Waals surface area contributed by atoms with Gasteiger partial charge in [-0.3, -0.25) is 0 Å². The summed E-state index contributed by atoms with van der Waals surface area (Å²) in [6.45, 7) is 2.22. The molecular formula is C60H46BN3. The lowest BCUT2D eigenvalue weighted by Crippen LogP contribution is -2.62. The standard InChI is InChI=1S/C60H46BN3/c1-5-15-41(16-6-1)45-25-31-49(32-26-45)63-55-35-29-47(43-19-9-3-10-20-43)39-53(55)61-54-40-48(44-21-11-4-12-22-44)30-36-56(54)64(50-33-27-46(28-34-50)42-17-7-2-8-18-42)60-52-24-14-38-62-37-13-23-51(58(52)62)59(63)57(60)61/h1-12,15-22,25-36,39-40H,13-14,23-24,37-38H2. The van der Waals surface area contributed by atoms with E-state index >= 15 is 0 Å². The number of benzene rings is 9. The van der Waals surface area contributed by atoms with Gasteiger partial charge < -0.3 is 14.7 Å². The Morgan fingerprint density at radius 3 is 1.06 bits per heavy atom. The van der Waals surface area contributed by atoms with Crippen LogP contribution < -0.4 is 31.1 Å². The molecule has 304 valence electrons. The van der Waals surface area contributed by atoms with Gasteiger partial charge in [-0.2, -0.15) is 0 Å². The Bertz CT molecular complexity index is 2990. The topological polar surface area (TPSA) is 9.72 Å². The maximum atomic E-state index is 2.73. The average molecular weight is 820 g/mol. The van der Waals surface area contributed by atoms with Gasteiger partial charge in [-0.05, 0) is 134 Å². The highest BCUT2D eigenvalue weighted by molar-refractivity contribution is 7.00. The van der Waals surface area contributed by atoms with E-state index < -0.39 is 0 Å². The third kappa shape index (κ3) is 5.89. The van der Waals surface area contributed by atoms with Crippen molar-refractivity contribution in [2.45, 2.75) is 25.7 Å². The second-order valence-electron chi connectivity index (χ2n) is 17.8. The second kappa shape index (κ2) is 15.1. The van der Waals surface area contributed by atoms with Gasteiger partial charge in [-0.15, -0.1) is 0 Å². The van der Waals surface area contributed by atoms with Crippen LogP contribution in [0.15, 0.2) is 206 Å². The highest BCUT2D eigenvalue weighted by Crippen LogP contribution is 2.53. The molecule has 0 unspecified atom stereocenters. The number of hydrogen-bond acceptors (Lipinski definition) is 3. The summed E-state index contributed by atoms with van der Waals surface area (Å²) in [4.78, 5) is 8.05. The first-order valence-electron chi connectivity index (χ1n) is 23.0. The number of fused-ring (bicyclic) bond motifs is 6. The van der Waals surface area contributed by atoms with Crippen molar-refractivity contribution in [3.8, 4) is 44.5 Å². The summed E-state index contributed by atoms with van der Waals surface area (Å²) < 4.78 is 0. The number of anilines is 7. The van der Waals surface area contributed by atoms with Gasteiger partial charge in [0.15, 0.2) is 0 Å². The van der Waals surface area contributed by atoms with Crippen LogP contribution in [0, 0.1) is 0 Å². The van der Waals surface area contributed by atoms with Crippen LogP contribution in [0.4, 0.5) is 39.8 Å². The molecule has 0 radical (unpaired) electrons. The Hall–Kier alpha value is -7.56. The van der Waals surface area contributed by atoms with Gasteiger partial charge in [0, 0.05) is 52.9 Å². The van der Waals surface area contributed by atoms with Crippen LogP contribution in [0.1, 0.15) is 24.0 Å². The first kappa shape index (κ1) is 37.0. The molecule has 4 heterocycles. The highest BCUT2D eigenvalue weighted by Gasteiger charge is 2.48. The molecule has 0 amide bonds. The number of hydrogen-bond donors (Lipinski definition) is 0. The van der Waals surface area contributed by atoms with Gasteiger partial charge in [0.1, 0.15) is 0 Å². The number of rotatable bonds is 6. The molecular weight excluding hydrogens is 773 g/mol. The monoisotopic (exact) mass is 819 g/mol. The highest BCUT2D eigenvalue weighted by atomic mass is 15.2. The second-order valence-corrected chi connectivity index (χ2v) is 17.8. The SMILES string of the molecule is c1ccc(-c2ccc(N3c4ccc(-c5ccccc5)cc4B4c5cc(-c6ccccc6)ccc5N(c5ccc(-c6ccccc6)cc5)c5c6c7c(c3c54)CCCN7CCC6)cc2)cc1. The Balaban J connectivity index is 1.13. The zero-order valence-electron chi connectivity index (χ0n) is 35.8. The Labute approximate surface area is 376 Å².